The maximum Gasteiger partial charge on any atom is 0.182 e. The van der Waals surface area contributed by atoms with Crippen LogP contribution in [0.3, 0.4) is 0 Å². The van der Waals surface area contributed by atoms with Crippen LogP contribution in [0.4, 0.5) is 5.69 Å². The molecule has 1 unspecified atom stereocenters. The number of benzene rings is 1. The topological polar surface area (TPSA) is 69.6 Å². The Balaban J connectivity index is 2.14. The molecule has 2 rings (SSSR count). The van der Waals surface area contributed by atoms with Crippen molar-refractivity contribution in [3.8, 4) is 11.4 Å². The van der Waals surface area contributed by atoms with Crippen molar-refractivity contribution in [2.75, 3.05) is 5.73 Å². The summed E-state index contributed by atoms with van der Waals surface area (Å²) >= 11 is 0. The lowest BCUT2D eigenvalue weighted by Gasteiger charge is -2.13. The highest BCUT2D eigenvalue weighted by molar-refractivity contribution is 5.62. The Hall–Kier alpha value is -1.91. The molecule has 1 heterocycles. The van der Waals surface area contributed by atoms with Gasteiger partial charge in [-0.2, -0.15) is 0 Å². The Morgan fingerprint density at radius 2 is 2.00 bits per heavy atom. The van der Waals surface area contributed by atoms with Crippen LogP contribution in [0, 0.1) is 6.92 Å². The average Bonchev–Trinajstić information content (AvgIpc) is 2.92. The quantitative estimate of drug-likeness (QED) is 0.621. The fourth-order valence-corrected chi connectivity index (χ4v) is 2.61. The molecule has 21 heavy (non-hydrogen) atoms. The van der Waals surface area contributed by atoms with Crippen molar-refractivity contribution in [2.24, 2.45) is 0 Å². The molecule has 5 nitrogen and oxygen atoms in total. The van der Waals surface area contributed by atoms with E-state index in [9.17, 15) is 0 Å². The first-order chi connectivity index (χ1) is 10.1. The molecule has 0 radical (unpaired) electrons. The summed E-state index contributed by atoms with van der Waals surface area (Å²) in [5, 5.41) is 12.2. The van der Waals surface area contributed by atoms with E-state index in [1.165, 1.54) is 25.7 Å². The minimum atomic E-state index is 0.300. The van der Waals surface area contributed by atoms with Gasteiger partial charge in [0.1, 0.15) is 0 Å². The molecule has 2 N–H and O–H groups in total. The summed E-state index contributed by atoms with van der Waals surface area (Å²) in [5.74, 6) is 0.799. The van der Waals surface area contributed by atoms with Crippen molar-refractivity contribution in [1.82, 2.24) is 20.2 Å². The van der Waals surface area contributed by atoms with Crippen molar-refractivity contribution in [2.45, 2.75) is 58.9 Å². The molecule has 0 saturated heterocycles. The summed E-state index contributed by atoms with van der Waals surface area (Å²) in [6.45, 7) is 6.43. The van der Waals surface area contributed by atoms with Crippen LogP contribution in [-0.2, 0) is 0 Å². The van der Waals surface area contributed by atoms with E-state index in [-0.39, 0.29) is 0 Å². The van der Waals surface area contributed by atoms with Gasteiger partial charge in [0.05, 0.1) is 6.04 Å². The van der Waals surface area contributed by atoms with E-state index >= 15 is 0 Å². The largest absolute Gasteiger partial charge is 0.399 e. The third kappa shape index (κ3) is 4.03. The Bertz CT molecular complexity index is 556. The van der Waals surface area contributed by atoms with E-state index in [4.69, 9.17) is 5.73 Å². The molecular formula is C16H25N5. The van der Waals surface area contributed by atoms with Gasteiger partial charge in [0, 0.05) is 11.3 Å². The van der Waals surface area contributed by atoms with Crippen molar-refractivity contribution < 1.29 is 0 Å². The van der Waals surface area contributed by atoms with Crippen LogP contribution >= 0.6 is 0 Å². The Labute approximate surface area is 126 Å². The lowest BCUT2D eigenvalue weighted by Crippen LogP contribution is -2.09. The molecule has 0 amide bonds. The van der Waals surface area contributed by atoms with Crippen LogP contribution in [0.1, 0.15) is 57.6 Å². The molecule has 0 aliphatic carbocycles. The summed E-state index contributed by atoms with van der Waals surface area (Å²) in [7, 11) is 0. The lowest BCUT2D eigenvalue weighted by molar-refractivity contribution is 0.430. The maximum atomic E-state index is 5.93. The van der Waals surface area contributed by atoms with E-state index in [0.717, 1.165) is 29.1 Å². The first-order valence-corrected chi connectivity index (χ1v) is 7.77. The standard InChI is InChI=1S/C16H25N5/c1-4-5-6-7-8-13(3)21-16(18-19-20-21)14-9-12(2)10-15(17)11-14/h9-11,13H,4-8,17H2,1-3H3. The number of rotatable bonds is 7. The third-order valence-electron chi connectivity index (χ3n) is 3.74. The number of nitrogens with zero attached hydrogens (tertiary/aromatic N) is 4. The van der Waals surface area contributed by atoms with Crippen molar-refractivity contribution in [3.63, 3.8) is 0 Å². The van der Waals surface area contributed by atoms with E-state index < -0.39 is 0 Å². The summed E-state index contributed by atoms with van der Waals surface area (Å²) in [6.07, 6.45) is 6.13. The molecule has 5 heteroatoms. The van der Waals surface area contributed by atoms with Crippen molar-refractivity contribution >= 4 is 5.69 Å². The second-order valence-corrected chi connectivity index (χ2v) is 5.78. The average molecular weight is 287 g/mol. The van der Waals surface area contributed by atoms with Crippen molar-refractivity contribution in [3.05, 3.63) is 23.8 Å². The minimum absolute atomic E-state index is 0.300. The zero-order chi connectivity index (χ0) is 15.2. The third-order valence-corrected chi connectivity index (χ3v) is 3.74. The molecule has 1 aromatic carbocycles. The van der Waals surface area contributed by atoms with Gasteiger partial charge in [0.15, 0.2) is 5.82 Å². The lowest BCUT2D eigenvalue weighted by atomic mass is 10.1. The first kappa shape index (κ1) is 15.5. The van der Waals surface area contributed by atoms with Gasteiger partial charge in [-0.3, -0.25) is 0 Å². The minimum Gasteiger partial charge on any atom is -0.399 e. The van der Waals surface area contributed by atoms with Crippen LogP contribution < -0.4 is 5.73 Å². The Morgan fingerprint density at radius 3 is 2.71 bits per heavy atom. The highest BCUT2D eigenvalue weighted by atomic mass is 15.5. The molecule has 0 saturated carbocycles. The van der Waals surface area contributed by atoms with Crippen LogP contribution in [0.15, 0.2) is 18.2 Å². The number of tetrazole rings is 1. The predicted molar refractivity (Wildman–Crippen MR) is 85.9 cm³/mol. The molecule has 0 aliphatic heterocycles. The fraction of sp³-hybridized carbons (Fsp3) is 0.562. The fourth-order valence-electron chi connectivity index (χ4n) is 2.61. The molecule has 2 aromatic rings. The molecule has 1 aromatic heterocycles. The smallest absolute Gasteiger partial charge is 0.182 e. The van der Waals surface area contributed by atoms with Crippen LogP contribution in [0.25, 0.3) is 11.4 Å². The highest BCUT2D eigenvalue weighted by Gasteiger charge is 2.15. The molecule has 0 fully saturated rings. The summed E-state index contributed by atoms with van der Waals surface area (Å²) < 4.78 is 1.92. The first-order valence-electron chi connectivity index (χ1n) is 7.77. The number of aryl methyl sites for hydroxylation is 1. The van der Waals surface area contributed by atoms with E-state index in [2.05, 4.69) is 35.4 Å². The molecular weight excluding hydrogens is 262 g/mol. The monoisotopic (exact) mass is 287 g/mol. The van der Waals surface area contributed by atoms with Gasteiger partial charge in [-0.1, -0.05) is 32.6 Å². The molecule has 1 atom stereocenters. The van der Waals surface area contributed by atoms with Crippen LogP contribution in [0.5, 0.6) is 0 Å². The second-order valence-electron chi connectivity index (χ2n) is 5.78. The normalized spacial score (nSPS) is 12.5. The molecule has 114 valence electrons. The van der Waals surface area contributed by atoms with Crippen LogP contribution in [0.2, 0.25) is 0 Å². The predicted octanol–water partition coefficient (Wildman–Crippen LogP) is 3.76. The Morgan fingerprint density at radius 1 is 1.19 bits per heavy atom. The number of nitrogen functional groups attached to an aromatic ring is 1. The maximum absolute atomic E-state index is 5.93. The Kier molecular flexibility index (Phi) is 5.31. The van der Waals surface area contributed by atoms with Gasteiger partial charge in [-0.15, -0.1) is 5.10 Å². The number of hydrogen-bond acceptors (Lipinski definition) is 4. The van der Waals surface area contributed by atoms with Crippen molar-refractivity contribution in [1.29, 1.82) is 0 Å². The highest BCUT2D eigenvalue weighted by Crippen LogP contribution is 2.25. The van der Waals surface area contributed by atoms with Crippen LogP contribution in [-0.4, -0.2) is 20.2 Å². The molecule has 0 bridgehead atoms. The number of hydrogen-bond donors (Lipinski definition) is 1. The number of unbranched alkanes of at least 4 members (excludes halogenated alkanes) is 3. The van der Waals surface area contributed by atoms with E-state index in [1.54, 1.807) is 0 Å². The second kappa shape index (κ2) is 7.20. The number of aromatic nitrogens is 4. The SMILES string of the molecule is CCCCCCC(C)n1nnnc1-c1cc(C)cc(N)c1. The summed E-state index contributed by atoms with van der Waals surface area (Å²) in [4.78, 5) is 0. The summed E-state index contributed by atoms with van der Waals surface area (Å²) in [6, 6.07) is 6.25. The van der Waals surface area contributed by atoms with E-state index in [1.807, 2.05) is 23.7 Å². The van der Waals surface area contributed by atoms with Gasteiger partial charge in [0.25, 0.3) is 0 Å². The van der Waals surface area contributed by atoms with Gasteiger partial charge in [-0.05, 0) is 54.5 Å². The van der Waals surface area contributed by atoms with Gasteiger partial charge in [0.2, 0.25) is 0 Å². The summed E-state index contributed by atoms with van der Waals surface area (Å²) in [5.41, 5.74) is 8.78. The van der Waals surface area contributed by atoms with E-state index in [0.29, 0.717) is 6.04 Å². The zero-order valence-corrected chi connectivity index (χ0v) is 13.2. The molecule has 0 spiro atoms. The van der Waals surface area contributed by atoms with Gasteiger partial charge in [-0.25, -0.2) is 4.68 Å². The number of nitrogens with two attached hydrogens (primary N) is 1. The number of anilines is 1. The van der Waals surface area contributed by atoms with Gasteiger partial charge >= 0.3 is 0 Å². The zero-order valence-electron chi connectivity index (χ0n) is 13.2. The molecule has 0 aliphatic rings. The van der Waals surface area contributed by atoms with Gasteiger partial charge < -0.3 is 5.73 Å².